The zero-order valence-corrected chi connectivity index (χ0v) is 22.0. The third kappa shape index (κ3) is 3.81. The number of aromatic amines is 1. The second kappa shape index (κ2) is 7.85. The molecule has 1 aromatic carbocycles. The highest BCUT2D eigenvalue weighted by Gasteiger charge is 2.62. The van der Waals surface area contributed by atoms with Crippen LogP contribution in [0.5, 0.6) is 0 Å². The van der Waals surface area contributed by atoms with Gasteiger partial charge in [0.1, 0.15) is 0 Å². The Morgan fingerprint density at radius 3 is 2.57 bits per heavy atom. The van der Waals surface area contributed by atoms with Gasteiger partial charge in [0.2, 0.25) is 10.0 Å². The number of nitrogens with zero attached hydrogens (tertiary/aromatic N) is 4. The SMILES string of the molecule is CC(C)(C)n1ccc(S(=O)(=O)N2Cc3cc(Cl)ccc3N(Cc3cnc[nH]3)[C@@H](C34CC(C3)C4)C2)c1. The first-order valence-electron chi connectivity index (χ1n) is 12.3. The summed E-state index contributed by atoms with van der Waals surface area (Å²) in [7, 11) is -3.70. The van der Waals surface area contributed by atoms with Crippen molar-refractivity contribution < 1.29 is 8.42 Å². The number of halogens is 1. The number of anilines is 1. The maximum Gasteiger partial charge on any atom is 0.244 e. The lowest BCUT2D eigenvalue weighted by atomic mass is 9.41. The van der Waals surface area contributed by atoms with Crippen molar-refractivity contribution in [2.45, 2.75) is 69.6 Å². The molecule has 0 amide bonds. The van der Waals surface area contributed by atoms with Gasteiger partial charge in [-0.15, -0.1) is 0 Å². The van der Waals surface area contributed by atoms with E-state index in [-0.39, 0.29) is 17.0 Å². The number of H-pyrrole nitrogens is 1. The second-order valence-electron chi connectivity index (χ2n) is 11.6. The summed E-state index contributed by atoms with van der Waals surface area (Å²) >= 11 is 6.42. The van der Waals surface area contributed by atoms with E-state index in [1.165, 1.54) is 19.3 Å². The van der Waals surface area contributed by atoms with Gasteiger partial charge in [0.15, 0.2) is 0 Å². The number of sulfonamides is 1. The van der Waals surface area contributed by atoms with Crippen LogP contribution in [-0.4, -0.2) is 39.8 Å². The van der Waals surface area contributed by atoms with E-state index < -0.39 is 10.0 Å². The van der Waals surface area contributed by atoms with Crippen LogP contribution in [0.15, 0.2) is 54.1 Å². The lowest BCUT2D eigenvalue weighted by Crippen LogP contribution is -2.66. The number of fused-ring (bicyclic) bond motifs is 1. The van der Waals surface area contributed by atoms with Gasteiger partial charge in [-0.05, 0) is 81.2 Å². The zero-order valence-electron chi connectivity index (χ0n) is 20.4. The number of nitrogens with one attached hydrogen (secondary N) is 1. The summed E-state index contributed by atoms with van der Waals surface area (Å²) in [5.41, 5.74) is 2.98. The summed E-state index contributed by atoms with van der Waals surface area (Å²) in [4.78, 5) is 10.2. The Labute approximate surface area is 212 Å². The molecule has 7 rings (SSSR count). The van der Waals surface area contributed by atoms with E-state index in [1.807, 2.05) is 29.1 Å². The first-order chi connectivity index (χ1) is 16.5. The summed E-state index contributed by atoms with van der Waals surface area (Å²) in [5.74, 6) is 0.794. The summed E-state index contributed by atoms with van der Waals surface area (Å²) in [6.07, 6.45) is 10.7. The molecule has 2 bridgehead atoms. The third-order valence-corrected chi connectivity index (χ3v) is 10.2. The van der Waals surface area contributed by atoms with E-state index >= 15 is 0 Å². The molecule has 0 radical (unpaired) electrons. The maximum atomic E-state index is 14.0. The summed E-state index contributed by atoms with van der Waals surface area (Å²) in [6, 6.07) is 7.69. The van der Waals surface area contributed by atoms with Gasteiger partial charge in [-0.2, -0.15) is 4.31 Å². The van der Waals surface area contributed by atoms with Crippen LogP contribution in [0.2, 0.25) is 5.02 Å². The fourth-order valence-electron chi connectivity index (χ4n) is 6.18. The number of aromatic nitrogens is 3. The highest BCUT2D eigenvalue weighted by atomic mass is 35.5. The van der Waals surface area contributed by atoms with Crippen LogP contribution in [0, 0.1) is 11.3 Å². The summed E-state index contributed by atoms with van der Waals surface area (Å²) in [6.45, 7) is 7.61. The van der Waals surface area contributed by atoms with E-state index in [0.717, 1.165) is 22.9 Å². The van der Waals surface area contributed by atoms with Gasteiger partial charge in [-0.3, -0.25) is 0 Å². The van der Waals surface area contributed by atoms with Crippen molar-refractivity contribution in [2.24, 2.45) is 11.3 Å². The number of rotatable bonds is 5. The molecule has 0 saturated heterocycles. The molecular formula is C26H32ClN5O2S. The van der Waals surface area contributed by atoms with E-state index in [1.54, 1.807) is 22.9 Å². The Kier molecular flexibility index (Phi) is 5.19. The highest BCUT2D eigenvalue weighted by molar-refractivity contribution is 7.89. The molecule has 3 fully saturated rings. The predicted molar refractivity (Wildman–Crippen MR) is 137 cm³/mol. The quantitative estimate of drug-likeness (QED) is 0.521. The van der Waals surface area contributed by atoms with Gasteiger partial charge in [-0.1, -0.05) is 11.6 Å². The Balaban J connectivity index is 1.44. The Bertz CT molecular complexity index is 1340. The lowest BCUT2D eigenvalue weighted by Gasteiger charge is -2.67. The summed E-state index contributed by atoms with van der Waals surface area (Å²) < 4.78 is 31.7. The number of imidazole rings is 1. The minimum atomic E-state index is -3.70. The molecule has 0 unspecified atom stereocenters. The maximum absolute atomic E-state index is 14.0. The highest BCUT2D eigenvalue weighted by Crippen LogP contribution is 2.67. The molecule has 0 spiro atoms. The largest absolute Gasteiger partial charge is 0.361 e. The molecule has 1 N–H and O–H groups in total. The molecule has 4 aliphatic rings. The number of benzene rings is 1. The van der Waals surface area contributed by atoms with Gasteiger partial charge in [0, 0.05) is 54.0 Å². The predicted octanol–water partition coefficient (Wildman–Crippen LogP) is 5.00. The van der Waals surface area contributed by atoms with Crippen LogP contribution in [0.3, 0.4) is 0 Å². The van der Waals surface area contributed by atoms with Crippen molar-refractivity contribution in [3.8, 4) is 0 Å². The van der Waals surface area contributed by atoms with Crippen molar-refractivity contribution in [1.29, 1.82) is 0 Å². The van der Waals surface area contributed by atoms with Gasteiger partial charge >= 0.3 is 0 Å². The number of hydrogen-bond acceptors (Lipinski definition) is 4. The summed E-state index contributed by atoms with van der Waals surface area (Å²) in [5, 5.41) is 0.616. The molecule has 3 heterocycles. The minimum absolute atomic E-state index is 0.0812. The van der Waals surface area contributed by atoms with Crippen LogP contribution in [0.4, 0.5) is 5.69 Å². The Morgan fingerprint density at radius 2 is 1.97 bits per heavy atom. The molecular weight excluding hydrogens is 482 g/mol. The lowest BCUT2D eigenvalue weighted by molar-refractivity contribution is -0.128. The molecule has 2 aromatic heterocycles. The molecule has 3 saturated carbocycles. The first kappa shape index (κ1) is 23.1. The van der Waals surface area contributed by atoms with Gasteiger partial charge < -0.3 is 14.5 Å². The third-order valence-electron chi connectivity index (χ3n) is 8.22. The van der Waals surface area contributed by atoms with Gasteiger partial charge in [0.25, 0.3) is 0 Å². The van der Waals surface area contributed by atoms with Crippen LogP contribution in [0.1, 0.15) is 51.3 Å². The van der Waals surface area contributed by atoms with Crippen molar-refractivity contribution in [3.05, 3.63) is 65.5 Å². The van der Waals surface area contributed by atoms with E-state index in [2.05, 4.69) is 41.7 Å². The first-order valence-corrected chi connectivity index (χ1v) is 14.1. The second-order valence-corrected chi connectivity index (χ2v) is 13.9. The van der Waals surface area contributed by atoms with Crippen LogP contribution >= 0.6 is 11.6 Å². The molecule has 3 aliphatic carbocycles. The Hall–Kier alpha value is -2.29. The average molecular weight is 514 g/mol. The van der Waals surface area contributed by atoms with Crippen molar-refractivity contribution in [3.63, 3.8) is 0 Å². The van der Waals surface area contributed by atoms with Crippen LogP contribution in [0.25, 0.3) is 0 Å². The normalized spacial score (nSPS) is 26.6. The molecule has 1 aliphatic heterocycles. The average Bonchev–Trinajstić information content (AvgIpc) is 3.38. The van der Waals surface area contributed by atoms with Crippen LogP contribution < -0.4 is 4.90 Å². The van der Waals surface area contributed by atoms with E-state index in [4.69, 9.17) is 11.6 Å². The smallest absolute Gasteiger partial charge is 0.244 e. The monoisotopic (exact) mass is 513 g/mol. The zero-order chi connectivity index (χ0) is 24.6. The van der Waals surface area contributed by atoms with Crippen molar-refractivity contribution in [2.75, 3.05) is 11.4 Å². The van der Waals surface area contributed by atoms with Crippen molar-refractivity contribution >= 4 is 27.3 Å². The molecule has 186 valence electrons. The fraction of sp³-hybridized carbons (Fsp3) is 0.500. The standard InChI is InChI=1S/C26H32ClN5O2S/c1-25(2,3)30-7-6-22(15-30)35(33,34)31-13-19-8-20(27)4-5-23(19)32(14-21-12-28-17-29-21)24(16-31)26-9-18(10-26)11-26/h4-8,12,15,17-18,24H,9-11,13-14,16H2,1-3H3,(H,28,29)/t18?,24-,26?/m1/s1. The number of hydrogen-bond donors (Lipinski definition) is 1. The van der Waals surface area contributed by atoms with Gasteiger partial charge in [-0.25, -0.2) is 13.4 Å². The fourth-order valence-corrected chi connectivity index (χ4v) is 7.80. The molecule has 3 aromatic rings. The molecule has 9 heteroatoms. The van der Waals surface area contributed by atoms with Crippen LogP contribution in [-0.2, 0) is 28.7 Å². The minimum Gasteiger partial charge on any atom is -0.361 e. The van der Waals surface area contributed by atoms with Gasteiger partial charge in [0.05, 0.1) is 23.5 Å². The molecule has 7 nitrogen and oxygen atoms in total. The molecule has 35 heavy (non-hydrogen) atoms. The van der Waals surface area contributed by atoms with E-state index in [9.17, 15) is 8.42 Å². The molecule has 1 atom stereocenters. The van der Waals surface area contributed by atoms with Crippen molar-refractivity contribution in [1.82, 2.24) is 18.8 Å². The van der Waals surface area contributed by atoms with E-state index in [0.29, 0.717) is 29.6 Å². The topological polar surface area (TPSA) is 74.2 Å². The Morgan fingerprint density at radius 1 is 1.20 bits per heavy atom.